The predicted molar refractivity (Wildman–Crippen MR) is 106 cm³/mol. The molecule has 0 bridgehead atoms. The number of nitrogens with two attached hydrogens (primary N) is 1. The van der Waals surface area contributed by atoms with Crippen LogP contribution in [0.15, 0.2) is 41.5 Å². The first kappa shape index (κ1) is 17.0. The van der Waals surface area contributed by atoms with Crippen molar-refractivity contribution in [3.05, 3.63) is 42.1 Å². The fourth-order valence-electron chi connectivity index (χ4n) is 3.57. The van der Waals surface area contributed by atoms with Crippen LogP contribution in [0.4, 0.5) is 11.5 Å². The number of methoxy groups -OCH3 is 1. The number of pyridine rings is 1. The van der Waals surface area contributed by atoms with Crippen LogP contribution in [-0.2, 0) is 5.54 Å². The van der Waals surface area contributed by atoms with Crippen LogP contribution in [0.1, 0.15) is 18.9 Å². The number of nitrogens with zero attached hydrogens (tertiary/aromatic N) is 2. The predicted octanol–water partition coefficient (Wildman–Crippen LogP) is 3.51. The van der Waals surface area contributed by atoms with Crippen molar-refractivity contribution in [2.24, 2.45) is 16.6 Å². The van der Waals surface area contributed by atoms with Gasteiger partial charge < -0.3 is 20.5 Å². The molecule has 2 aliphatic rings. The Balaban J connectivity index is 1.75. The van der Waals surface area contributed by atoms with Crippen LogP contribution in [-0.4, -0.2) is 29.6 Å². The van der Waals surface area contributed by atoms with Crippen molar-refractivity contribution in [2.45, 2.75) is 18.9 Å². The third-order valence-corrected chi connectivity index (χ3v) is 6.03. The van der Waals surface area contributed by atoms with E-state index in [0.717, 1.165) is 29.2 Å². The molecule has 0 spiro atoms. The summed E-state index contributed by atoms with van der Waals surface area (Å²) in [6, 6.07) is 9.80. The number of aromatic nitrogens is 1. The Morgan fingerprint density at radius 2 is 2.27 bits per heavy atom. The minimum Gasteiger partial charge on any atom is -0.493 e. The average Bonchev–Trinajstić information content (AvgIpc) is 2.78. The highest BCUT2D eigenvalue weighted by Gasteiger charge is 2.42. The smallest absolute Gasteiger partial charge is 0.173 e. The Bertz CT molecular complexity index is 857. The lowest BCUT2D eigenvalue weighted by Crippen LogP contribution is -2.37. The third-order valence-electron chi connectivity index (χ3n) is 5.07. The van der Waals surface area contributed by atoms with Gasteiger partial charge in [-0.1, -0.05) is 11.8 Å². The molecule has 26 heavy (non-hydrogen) atoms. The zero-order valence-corrected chi connectivity index (χ0v) is 15.7. The van der Waals surface area contributed by atoms with Gasteiger partial charge in [-0.05, 0) is 43.7 Å². The normalized spacial score (nSPS) is 24.4. The van der Waals surface area contributed by atoms with Gasteiger partial charge in [0.15, 0.2) is 16.7 Å². The second kappa shape index (κ2) is 6.72. The Kier molecular flexibility index (Phi) is 4.40. The van der Waals surface area contributed by atoms with Crippen LogP contribution in [0.5, 0.6) is 11.5 Å². The first-order valence-corrected chi connectivity index (χ1v) is 9.60. The number of hydrogen-bond acceptors (Lipinski definition) is 7. The first-order chi connectivity index (χ1) is 12.6. The van der Waals surface area contributed by atoms with E-state index in [9.17, 15) is 0 Å². The van der Waals surface area contributed by atoms with Crippen molar-refractivity contribution in [3.8, 4) is 11.5 Å². The summed E-state index contributed by atoms with van der Waals surface area (Å²) in [5, 5.41) is 3.98. The Morgan fingerprint density at radius 3 is 3.12 bits per heavy atom. The van der Waals surface area contributed by atoms with Crippen LogP contribution in [0.3, 0.4) is 0 Å². The van der Waals surface area contributed by atoms with Gasteiger partial charge in [0.25, 0.3) is 0 Å². The van der Waals surface area contributed by atoms with Gasteiger partial charge in [0.05, 0.1) is 19.3 Å². The van der Waals surface area contributed by atoms with Gasteiger partial charge in [-0.2, -0.15) is 0 Å². The van der Waals surface area contributed by atoms with Gasteiger partial charge in [-0.3, -0.25) is 4.99 Å². The molecule has 0 fully saturated rings. The molecule has 0 saturated heterocycles. The van der Waals surface area contributed by atoms with E-state index in [1.165, 1.54) is 0 Å². The summed E-state index contributed by atoms with van der Waals surface area (Å²) in [6.45, 7) is 2.85. The molecular weight excluding hydrogens is 348 g/mol. The standard InChI is InChI=1S/C19H22N4O2S/c1-19-12(11-26-18(20)23-19)7-9-25-15-6-5-13(10-14(15)19)22-17-16(24-2)4-3-8-21-17/h3-6,8,10,12H,7,9,11H2,1-2H3,(H2,20,23)(H,21,22)/t12?,19-/m0/s1. The van der Waals surface area contributed by atoms with E-state index >= 15 is 0 Å². The van der Waals surface area contributed by atoms with Crippen molar-refractivity contribution in [3.63, 3.8) is 0 Å². The molecule has 0 amide bonds. The van der Waals surface area contributed by atoms with Gasteiger partial charge in [0.2, 0.25) is 0 Å². The van der Waals surface area contributed by atoms with E-state index < -0.39 is 0 Å². The number of rotatable bonds is 3. The lowest BCUT2D eigenvalue weighted by molar-refractivity contribution is 0.271. The number of hydrogen-bond donors (Lipinski definition) is 2. The van der Waals surface area contributed by atoms with Crippen LogP contribution in [0.25, 0.3) is 0 Å². The zero-order valence-electron chi connectivity index (χ0n) is 14.9. The number of anilines is 2. The highest BCUT2D eigenvalue weighted by atomic mass is 32.2. The minimum atomic E-state index is -0.382. The van der Waals surface area contributed by atoms with Crippen molar-refractivity contribution >= 4 is 28.4 Å². The minimum absolute atomic E-state index is 0.382. The summed E-state index contributed by atoms with van der Waals surface area (Å²) in [5.74, 6) is 3.59. The molecule has 3 heterocycles. The van der Waals surface area contributed by atoms with Crippen molar-refractivity contribution in [2.75, 3.05) is 24.8 Å². The first-order valence-electron chi connectivity index (χ1n) is 8.61. The fraction of sp³-hybridized carbons (Fsp3) is 0.368. The van der Waals surface area contributed by atoms with Gasteiger partial charge in [-0.15, -0.1) is 0 Å². The molecule has 2 atom stereocenters. The molecule has 4 rings (SSSR count). The molecule has 136 valence electrons. The Morgan fingerprint density at radius 1 is 1.38 bits per heavy atom. The SMILES string of the molecule is COc1cccnc1Nc1ccc2c(c1)[C@@]1(C)N=C(N)SCC1CCO2. The van der Waals surface area contributed by atoms with E-state index in [1.54, 1.807) is 25.1 Å². The summed E-state index contributed by atoms with van der Waals surface area (Å²) in [5.41, 5.74) is 7.66. The van der Waals surface area contributed by atoms with E-state index in [2.05, 4.69) is 23.3 Å². The number of fused-ring (bicyclic) bond motifs is 3. The summed E-state index contributed by atoms with van der Waals surface area (Å²) in [4.78, 5) is 9.20. The summed E-state index contributed by atoms with van der Waals surface area (Å²) in [7, 11) is 1.63. The molecule has 3 N–H and O–H groups in total. The number of thioether (sulfide) groups is 1. The van der Waals surface area contributed by atoms with Crippen LogP contribution in [0.2, 0.25) is 0 Å². The molecule has 7 heteroatoms. The number of benzene rings is 1. The molecule has 0 radical (unpaired) electrons. The molecule has 0 aliphatic carbocycles. The molecule has 1 unspecified atom stereocenters. The van der Waals surface area contributed by atoms with Gasteiger partial charge in [-0.25, -0.2) is 4.98 Å². The second-order valence-corrected chi connectivity index (χ2v) is 7.67. The third kappa shape index (κ3) is 2.96. The number of nitrogens with one attached hydrogen (secondary N) is 1. The van der Waals surface area contributed by atoms with Crippen LogP contribution < -0.4 is 20.5 Å². The molecular formula is C19H22N4O2S. The molecule has 1 aromatic heterocycles. The van der Waals surface area contributed by atoms with Gasteiger partial charge in [0, 0.05) is 29.1 Å². The average molecular weight is 370 g/mol. The summed E-state index contributed by atoms with van der Waals surface area (Å²) >= 11 is 1.63. The van der Waals surface area contributed by atoms with Gasteiger partial charge in [0.1, 0.15) is 5.75 Å². The van der Waals surface area contributed by atoms with E-state index in [0.29, 0.717) is 29.3 Å². The largest absolute Gasteiger partial charge is 0.493 e. The second-order valence-electron chi connectivity index (χ2n) is 6.63. The van der Waals surface area contributed by atoms with E-state index in [4.69, 9.17) is 20.2 Å². The maximum Gasteiger partial charge on any atom is 0.173 e. The van der Waals surface area contributed by atoms with E-state index in [-0.39, 0.29) is 5.54 Å². The lowest BCUT2D eigenvalue weighted by atomic mass is 9.79. The van der Waals surface area contributed by atoms with E-state index in [1.807, 2.05) is 24.3 Å². The highest BCUT2D eigenvalue weighted by molar-refractivity contribution is 8.13. The fourth-order valence-corrected chi connectivity index (χ4v) is 4.69. The van der Waals surface area contributed by atoms with Crippen molar-refractivity contribution < 1.29 is 9.47 Å². The molecule has 0 saturated carbocycles. The van der Waals surface area contributed by atoms with Gasteiger partial charge >= 0.3 is 0 Å². The Hall–Kier alpha value is -2.41. The molecule has 2 aromatic rings. The monoisotopic (exact) mass is 370 g/mol. The van der Waals surface area contributed by atoms with Crippen LogP contribution in [0, 0.1) is 5.92 Å². The highest BCUT2D eigenvalue weighted by Crippen LogP contribution is 2.47. The summed E-state index contributed by atoms with van der Waals surface area (Å²) in [6.07, 6.45) is 2.70. The van der Waals surface area contributed by atoms with Crippen molar-refractivity contribution in [1.29, 1.82) is 0 Å². The van der Waals surface area contributed by atoms with Crippen molar-refractivity contribution in [1.82, 2.24) is 4.98 Å². The Labute approximate surface area is 157 Å². The molecule has 1 aromatic carbocycles. The van der Waals surface area contributed by atoms with Crippen LogP contribution >= 0.6 is 11.8 Å². The lowest BCUT2D eigenvalue weighted by Gasteiger charge is -2.36. The molecule has 6 nitrogen and oxygen atoms in total. The maximum atomic E-state index is 6.06. The zero-order chi connectivity index (χ0) is 18.1. The number of amidine groups is 1. The number of ether oxygens (including phenoxy) is 2. The number of aliphatic imine (C=N–C) groups is 1. The topological polar surface area (TPSA) is 81.8 Å². The molecule has 2 aliphatic heterocycles. The summed E-state index contributed by atoms with van der Waals surface area (Å²) < 4.78 is 11.4. The maximum absolute atomic E-state index is 6.06. The quantitative estimate of drug-likeness (QED) is 0.860.